The maximum atomic E-state index is 12.8. The number of nitrogens with zero attached hydrogens (tertiary/aromatic N) is 1. The van der Waals surface area contributed by atoms with E-state index in [-0.39, 0.29) is 18.4 Å². The average Bonchev–Trinajstić information content (AvgIpc) is 3.21. The van der Waals surface area contributed by atoms with Crippen molar-refractivity contribution < 1.29 is 13.2 Å². The van der Waals surface area contributed by atoms with Crippen LogP contribution in [0.5, 0.6) is 0 Å². The van der Waals surface area contributed by atoms with Gasteiger partial charge in [-0.3, -0.25) is 4.79 Å². The third-order valence-electron chi connectivity index (χ3n) is 4.30. The second-order valence-corrected chi connectivity index (χ2v) is 11.1. The molecule has 1 N–H and O–H groups in total. The zero-order valence-corrected chi connectivity index (χ0v) is 16.8. The summed E-state index contributed by atoms with van der Waals surface area (Å²) in [6.07, 6.45) is 1.44. The Kier molecular flexibility index (Phi) is 5.62. The topological polar surface area (TPSA) is 66.5 Å². The fourth-order valence-corrected chi connectivity index (χ4v) is 6.74. The van der Waals surface area contributed by atoms with Crippen molar-refractivity contribution in [3.63, 3.8) is 0 Å². The first-order valence-corrected chi connectivity index (χ1v) is 11.3. The maximum Gasteiger partial charge on any atom is 0.252 e. The number of nitrogens with one attached hydrogen (secondary N) is 1. The van der Waals surface area contributed by atoms with Crippen LogP contribution in [0.4, 0.5) is 0 Å². The van der Waals surface area contributed by atoms with E-state index in [2.05, 4.69) is 5.32 Å². The Hall–Kier alpha value is -1.22. The van der Waals surface area contributed by atoms with Crippen LogP contribution in [0.3, 0.4) is 0 Å². The van der Waals surface area contributed by atoms with Gasteiger partial charge in [0.15, 0.2) is 0 Å². The molecule has 0 radical (unpaired) electrons. The monoisotopic (exact) mass is 398 g/mol. The highest BCUT2D eigenvalue weighted by molar-refractivity contribution is 7.91. The predicted octanol–water partition coefficient (Wildman–Crippen LogP) is 3.14. The zero-order valence-electron chi connectivity index (χ0n) is 14.3. The van der Waals surface area contributed by atoms with Gasteiger partial charge in [0.05, 0.1) is 12.5 Å². The molecule has 2 aromatic heterocycles. The molecule has 3 heterocycles. The second kappa shape index (κ2) is 7.57. The van der Waals surface area contributed by atoms with Crippen molar-refractivity contribution in [3.05, 3.63) is 38.9 Å². The molecule has 3 rings (SSSR count). The van der Waals surface area contributed by atoms with Gasteiger partial charge < -0.3 is 5.32 Å². The van der Waals surface area contributed by atoms with Gasteiger partial charge in [-0.1, -0.05) is 0 Å². The van der Waals surface area contributed by atoms with Gasteiger partial charge in [0, 0.05) is 27.7 Å². The van der Waals surface area contributed by atoms with Crippen molar-refractivity contribution >= 4 is 38.6 Å². The molecule has 5 nitrogen and oxygen atoms in total. The summed E-state index contributed by atoms with van der Waals surface area (Å²) < 4.78 is 27.3. The van der Waals surface area contributed by atoms with Crippen LogP contribution < -0.4 is 5.32 Å². The van der Waals surface area contributed by atoms with Crippen LogP contribution in [-0.2, 0) is 21.4 Å². The Labute approximate surface area is 156 Å². The number of sulfonamides is 1. The minimum Gasteiger partial charge on any atom is -0.351 e. The van der Waals surface area contributed by atoms with Crippen molar-refractivity contribution in [1.29, 1.82) is 0 Å². The zero-order chi connectivity index (χ0) is 18.0. The molecule has 1 aliphatic heterocycles. The van der Waals surface area contributed by atoms with Gasteiger partial charge in [-0.25, -0.2) is 8.42 Å². The predicted molar refractivity (Wildman–Crippen MR) is 101 cm³/mol. The van der Waals surface area contributed by atoms with Crippen LogP contribution in [0.1, 0.15) is 27.5 Å². The molecule has 1 atom stereocenters. The van der Waals surface area contributed by atoms with E-state index in [1.54, 1.807) is 17.4 Å². The van der Waals surface area contributed by atoms with E-state index < -0.39 is 10.0 Å². The first kappa shape index (κ1) is 18.6. The summed E-state index contributed by atoms with van der Waals surface area (Å²) in [5.74, 6) is -0.348. The molecule has 1 aliphatic rings. The minimum atomic E-state index is -3.50. The lowest BCUT2D eigenvalue weighted by molar-refractivity contribution is -0.126. The summed E-state index contributed by atoms with van der Waals surface area (Å²) in [7, 11) is -3.50. The summed E-state index contributed by atoms with van der Waals surface area (Å²) in [5.41, 5.74) is 0. The molecule has 0 saturated carbocycles. The third kappa shape index (κ3) is 4.31. The van der Waals surface area contributed by atoms with E-state index in [4.69, 9.17) is 0 Å². The van der Waals surface area contributed by atoms with Crippen molar-refractivity contribution in [3.8, 4) is 0 Å². The average molecular weight is 399 g/mol. The van der Waals surface area contributed by atoms with E-state index in [0.29, 0.717) is 23.7 Å². The fraction of sp³-hybridized carbons (Fsp3) is 0.471. The highest BCUT2D eigenvalue weighted by Gasteiger charge is 2.33. The Morgan fingerprint density at radius 3 is 2.56 bits per heavy atom. The van der Waals surface area contributed by atoms with Crippen LogP contribution in [-0.4, -0.2) is 31.7 Å². The normalized spacial score (nSPS) is 19.0. The van der Waals surface area contributed by atoms with Crippen LogP contribution >= 0.6 is 22.7 Å². The van der Waals surface area contributed by atoms with Crippen molar-refractivity contribution in [2.24, 2.45) is 5.92 Å². The maximum absolute atomic E-state index is 12.8. The highest BCUT2D eigenvalue weighted by Crippen LogP contribution is 2.28. The highest BCUT2D eigenvalue weighted by atomic mass is 32.2. The summed E-state index contributed by atoms with van der Waals surface area (Å²) in [6, 6.07) is 7.51. The molecule has 0 spiro atoms. The molecule has 1 unspecified atom stereocenters. The van der Waals surface area contributed by atoms with Crippen LogP contribution in [0.2, 0.25) is 0 Å². The first-order chi connectivity index (χ1) is 11.9. The molecule has 1 saturated heterocycles. The van der Waals surface area contributed by atoms with Gasteiger partial charge in [0.1, 0.15) is 4.21 Å². The molecule has 136 valence electrons. The third-order valence-corrected chi connectivity index (χ3v) is 8.63. The molecule has 0 aliphatic carbocycles. The van der Waals surface area contributed by atoms with Gasteiger partial charge in [-0.2, -0.15) is 4.31 Å². The molecule has 0 aromatic carbocycles. The number of amides is 1. The Morgan fingerprint density at radius 2 is 1.92 bits per heavy atom. The van der Waals surface area contributed by atoms with E-state index in [1.165, 1.54) is 20.5 Å². The lowest BCUT2D eigenvalue weighted by Gasteiger charge is -2.30. The summed E-state index contributed by atoms with van der Waals surface area (Å²) >= 11 is 2.94. The molecule has 2 aromatic rings. The Morgan fingerprint density at radius 1 is 1.20 bits per heavy atom. The first-order valence-electron chi connectivity index (χ1n) is 8.26. The molecular weight excluding hydrogens is 376 g/mol. The smallest absolute Gasteiger partial charge is 0.252 e. The Balaban J connectivity index is 1.63. The van der Waals surface area contributed by atoms with Crippen molar-refractivity contribution in [2.45, 2.75) is 37.4 Å². The number of aryl methyl sites for hydroxylation is 2. The molecule has 8 heteroatoms. The van der Waals surface area contributed by atoms with Gasteiger partial charge in [0.25, 0.3) is 10.0 Å². The number of hydrogen-bond donors (Lipinski definition) is 1. The van der Waals surface area contributed by atoms with Crippen LogP contribution in [0.15, 0.2) is 28.5 Å². The molecule has 1 amide bonds. The number of carbonyl (C=O) groups is 1. The lowest BCUT2D eigenvalue weighted by atomic mass is 9.99. The van der Waals surface area contributed by atoms with Crippen molar-refractivity contribution in [2.75, 3.05) is 13.1 Å². The molecule has 25 heavy (non-hydrogen) atoms. The van der Waals surface area contributed by atoms with Gasteiger partial charge in [-0.05, 0) is 51.0 Å². The van der Waals surface area contributed by atoms with Gasteiger partial charge in [-0.15, -0.1) is 22.7 Å². The molecule has 0 bridgehead atoms. The largest absolute Gasteiger partial charge is 0.351 e. The summed E-state index contributed by atoms with van der Waals surface area (Å²) in [4.78, 5) is 15.8. The minimum absolute atomic E-state index is 0.0617. The number of rotatable bonds is 5. The van der Waals surface area contributed by atoms with E-state index in [9.17, 15) is 13.2 Å². The molecular formula is C17H22N2O3S3. The van der Waals surface area contributed by atoms with E-state index >= 15 is 0 Å². The number of hydrogen-bond acceptors (Lipinski definition) is 5. The van der Waals surface area contributed by atoms with Gasteiger partial charge in [0.2, 0.25) is 5.91 Å². The standard InChI is InChI=1S/C17H22N2O3S3/c1-12-5-7-15(23-12)10-18-17(20)14-4-3-9-19(11-14)25(21,22)16-8-6-13(2)24-16/h5-8,14H,3-4,9-11H2,1-2H3,(H,18,20). The quantitative estimate of drug-likeness (QED) is 0.841. The summed E-state index contributed by atoms with van der Waals surface area (Å²) in [6.45, 7) is 5.17. The lowest BCUT2D eigenvalue weighted by Crippen LogP contribution is -2.45. The van der Waals surface area contributed by atoms with Crippen LogP contribution in [0, 0.1) is 19.8 Å². The van der Waals surface area contributed by atoms with E-state index in [1.807, 2.05) is 32.0 Å². The SMILES string of the molecule is Cc1ccc(CNC(=O)C2CCCN(S(=O)(=O)c3ccc(C)s3)C2)s1. The Bertz CT molecular complexity index is 854. The van der Waals surface area contributed by atoms with Gasteiger partial charge >= 0.3 is 0 Å². The molecule has 1 fully saturated rings. The number of thiophene rings is 2. The number of piperidine rings is 1. The summed E-state index contributed by atoms with van der Waals surface area (Å²) in [5, 5.41) is 2.95. The van der Waals surface area contributed by atoms with Crippen LogP contribution in [0.25, 0.3) is 0 Å². The van der Waals surface area contributed by atoms with E-state index in [0.717, 1.165) is 16.2 Å². The van der Waals surface area contributed by atoms with Crippen molar-refractivity contribution in [1.82, 2.24) is 9.62 Å². The number of carbonyl (C=O) groups excluding carboxylic acids is 1. The fourth-order valence-electron chi connectivity index (χ4n) is 2.95. The second-order valence-electron chi connectivity index (χ2n) is 6.30.